The highest BCUT2D eigenvalue weighted by Gasteiger charge is 2.50. The van der Waals surface area contributed by atoms with Crippen LogP contribution in [0.1, 0.15) is 19.4 Å². The fraction of sp³-hybridized carbons (Fsp3) is 0.265. The molecule has 7 heteroatoms. The van der Waals surface area contributed by atoms with E-state index in [4.69, 9.17) is 9.85 Å². The van der Waals surface area contributed by atoms with Crippen molar-refractivity contribution in [3.8, 4) is 0 Å². The second-order valence-corrected chi connectivity index (χ2v) is 14.5. The van der Waals surface area contributed by atoms with Crippen molar-refractivity contribution in [3.63, 3.8) is 0 Å². The zero-order valence-electron chi connectivity index (χ0n) is 24.3. The van der Waals surface area contributed by atoms with E-state index in [1.807, 2.05) is 0 Å². The van der Waals surface area contributed by atoms with E-state index < -0.39 is 7.36 Å². The van der Waals surface area contributed by atoms with Crippen molar-refractivity contribution >= 4 is 41.4 Å². The molecular formula is C34H37N6P. The molecule has 0 aromatic heterocycles. The maximum absolute atomic E-state index is 5.95. The van der Waals surface area contributed by atoms with Crippen LogP contribution >= 0.6 is 7.36 Å². The minimum absolute atomic E-state index is 0.203. The zero-order chi connectivity index (χ0) is 28.2. The Morgan fingerprint density at radius 3 is 2.22 bits per heavy atom. The highest BCUT2D eigenvalue weighted by Crippen LogP contribution is 2.71. The Balaban J connectivity index is 1.58. The van der Waals surface area contributed by atoms with Gasteiger partial charge < -0.3 is 9.80 Å². The van der Waals surface area contributed by atoms with E-state index in [9.17, 15) is 0 Å². The van der Waals surface area contributed by atoms with Gasteiger partial charge >= 0.3 is 0 Å². The average Bonchev–Trinajstić information content (AvgIpc) is 3.45. The van der Waals surface area contributed by atoms with Crippen LogP contribution in [-0.4, -0.2) is 56.1 Å². The van der Waals surface area contributed by atoms with Crippen LogP contribution in [0.4, 0.5) is 17.1 Å². The fourth-order valence-electron chi connectivity index (χ4n) is 6.76. The first-order valence-corrected chi connectivity index (χ1v) is 16.1. The molecule has 0 amide bonds. The Hall–Kier alpha value is -3.70. The van der Waals surface area contributed by atoms with Crippen molar-refractivity contribution in [2.75, 3.05) is 50.0 Å². The molecule has 7 rings (SSSR count). The van der Waals surface area contributed by atoms with Gasteiger partial charge in [0.1, 0.15) is 0 Å². The van der Waals surface area contributed by atoms with Gasteiger partial charge in [-0.2, -0.15) is 5.10 Å². The Morgan fingerprint density at radius 2 is 1.44 bits per heavy atom. The first-order valence-electron chi connectivity index (χ1n) is 14.4. The third-order valence-electron chi connectivity index (χ3n) is 8.86. The first-order chi connectivity index (χ1) is 19.9. The van der Waals surface area contributed by atoms with Crippen LogP contribution in [0.25, 0.3) is 10.8 Å². The van der Waals surface area contributed by atoms with Gasteiger partial charge in [0.25, 0.3) is 0 Å². The Morgan fingerprint density at radius 1 is 0.756 bits per heavy atom. The van der Waals surface area contributed by atoms with Crippen molar-refractivity contribution < 1.29 is 0 Å². The van der Waals surface area contributed by atoms with Crippen LogP contribution < -0.4 is 9.68 Å². The summed E-state index contributed by atoms with van der Waals surface area (Å²) in [4.78, 5) is 4.82. The molecule has 1 fully saturated rings. The molecule has 4 aromatic carbocycles. The number of nitrogens with zero attached hydrogens (tertiary/aromatic N) is 6. The Bertz CT molecular complexity index is 1730. The SMILES string of the molecule is CN1CCN(P2(=Nc3cccc4ccccc34)/C(=C3\N(C)c4ccccc4C3(C)C)C=NN2c2ccccc2)CC1. The summed E-state index contributed by atoms with van der Waals surface area (Å²) in [6, 6.07) is 34.5. The Kier molecular flexibility index (Phi) is 6.39. The number of allylic oxidation sites excluding steroid dienone is 2. The Labute approximate surface area is 243 Å². The fourth-order valence-corrected chi connectivity index (χ4v) is 10.6. The molecule has 208 valence electrons. The molecule has 3 aliphatic rings. The topological polar surface area (TPSA) is 37.7 Å². The molecule has 0 bridgehead atoms. The molecule has 0 N–H and O–H groups in total. The van der Waals surface area contributed by atoms with Gasteiger partial charge in [-0.05, 0) is 42.3 Å². The van der Waals surface area contributed by atoms with Crippen LogP contribution in [0.2, 0.25) is 0 Å². The molecule has 1 saturated heterocycles. The summed E-state index contributed by atoms with van der Waals surface area (Å²) in [5.41, 5.74) is 5.79. The second-order valence-electron chi connectivity index (χ2n) is 11.7. The number of piperazine rings is 1. The molecule has 1 unspecified atom stereocenters. The van der Waals surface area contributed by atoms with Crippen molar-refractivity contribution in [3.05, 3.63) is 114 Å². The first kappa shape index (κ1) is 26.2. The number of hydrogen-bond donors (Lipinski definition) is 0. The molecule has 0 saturated carbocycles. The van der Waals surface area contributed by atoms with Gasteiger partial charge in [0.2, 0.25) is 0 Å². The monoisotopic (exact) mass is 560 g/mol. The van der Waals surface area contributed by atoms with Crippen LogP contribution in [0.5, 0.6) is 0 Å². The molecule has 6 nitrogen and oxygen atoms in total. The van der Waals surface area contributed by atoms with Gasteiger partial charge in [-0.25, -0.2) is 14.2 Å². The minimum atomic E-state index is -2.63. The van der Waals surface area contributed by atoms with E-state index >= 15 is 0 Å². The number of para-hydroxylation sites is 2. The van der Waals surface area contributed by atoms with Crippen LogP contribution in [0.15, 0.2) is 118 Å². The number of anilines is 2. The molecule has 41 heavy (non-hydrogen) atoms. The van der Waals surface area contributed by atoms with Gasteiger partial charge in [-0.15, -0.1) is 0 Å². The van der Waals surface area contributed by atoms with E-state index in [2.05, 4.69) is 150 Å². The molecular weight excluding hydrogens is 523 g/mol. The summed E-state index contributed by atoms with van der Waals surface area (Å²) < 4.78 is 10.9. The van der Waals surface area contributed by atoms with Gasteiger partial charge in [0, 0.05) is 55.4 Å². The van der Waals surface area contributed by atoms with E-state index in [0.717, 1.165) is 37.6 Å². The molecule has 4 aromatic rings. The zero-order valence-corrected chi connectivity index (χ0v) is 25.2. The summed E-state index contributed by atoms with van der Waals surface area (Å²) in [6.07, 6.45) is 2.13. The lowest BCUT2D eigenvalue weighted by molar-refractivity contribution is 0.227. The predicted octanol–water partition coefficient (Wildman–Crippen LogP) is 7.90. The maximum atomic E-state index is 5.95. The average molecular weight is 561 g/mol. The highest BCUT2D eigenvalue weighted by molar-refractivity contribution is 7.71. The van der Waals surface area contributed by atoms with Gasteiger partial charge in [-0.3, -0.25) is 0 Å². The molecule has 0 aliphatic carbocycles. The third kappa shape index (κ3) is 4.08. The van der Waals surface area contributed by atoms with Gasteiger partial charge in [-0.1, -0.05) is 86.6 Å². The number of likely N-dealkylation sites (N-methyl/N-ethyl adjacent to an activating group) is 2. The molecule has 3 heterocycles. The van der Waals surface area contributed by atoms with Crippen molar-refractivity contribution in [1.82, 2.24) is 9.57 Å². The largest absolute Gasteiger partial charge is 0.346 e. The van der Waals surface area contributed by atoms with E-state index in [-0.39, 0.29) is 5.41 Å². The summed E-state index contributed by atoms with van der Waals surface area (Å²) in [6.45, 7) is 8.56. The van der Waals surface area contributed by atoms with Crippen molar-refractivity contribution in [1.29, 1.82) is 0 Å². The summed E-state index contributed by atoms with van der Waals surface area (Å²) >= 11 is 0. The molecule has 1 atom stereocenters. The van der Waals surface area contributed by atoms with Gasteiger partial charge in [0.15, 0.2) is 7.36 Å². The summed E-state index contributed by atoms with van der Waals surface area (Å²) in [7, 11) is 1.80. The van der Waals surface area contributed by atoms with Gasteiger partial charge in [0.05, 0.1) is 22.9 Å². The lowest BCUT2D eigenvalue weighted by atomic mass is 9.84. The van der Waals surface area contributed by atoms with Crippen LogP contribution in [0.3, 0.4) is 0 Å². The molecule has 0 spiro atoms. The van der Waals surface area contributed by atoms with Crippen LogP contribution in [0, 0.1) is 0 Å². The number of rotatable bonds is 3. The lowest BCUT2D eigenvalue weighted by Gasteiger charge is -2.44. The molecule has 3 aliphatic heterocycles. The number of hydrogen-bond acceptors (Lipinski definition) is 4. The highest BCUT2D eigenvalue weighted by atomic mass is 31.2. The smallest absolute Gasteiger partial charge is 0.179 e. The number of hydrazone groups is 1. The lowest BCUT2D eigenvalue weighted by Crippen LogP contribution is -2.44. The summed E-state index contributed by atoms with van der Waals surface area (Å²) in [5, 5.41) is 8.86. The standard InChI is InChI=1S/C34H37N6P/c1-34(2)29-18-10-11-20-31(29)38(4)33(34)32-25-35-40(27-15-6-5-7-16-27)41(32,39-23-21-37(3)22-24-39)36-30-19-12-14-26-13-8-9-17-28(26)30/h5-20,25H,21-24H2,1-4H3/b33-32-. The summed E-state index contributed by atoms with van der Waals surface area (Å²) in [5.74, 6) is 0. The minimum Gasteiger partial charge on any atom is -0.346 e. The number of benzene rings is 4. The normalized spacial score (nSPS) is 24.3. The molecule has 0 radical (unpaired) electrons. The van der Waals surface area contributed by atoms with Crippen molar-refractivity contribution in [2.24, 2.45) is 9.85 Å². The van der Waals surface area contributed by atoms with E-state index in [0.29, 0.717) is 0 Å². The maximum Gasteiger partial charge on any atom is 0.179 e. The van der Waals surface area contributed by atoms with E-state index in [1.165, 1.54) is 33.0 Å². The van der Waals surface area contributed by atoms with Crippen molar-refractivity contribution in [2.45, 2.75) is 19.3 Å². The predicted molar refractivity (Wildman–Crippen MR) is 174 cm³/mol. The third-order valence-corrected chi connectivity index (χ3v) is 12.4. The second kappa shape index (κ2) is 9.99. The van der Waals surface area contributed by atoms with E-state index in [1.54, 1.807) is 0 Å². The number of fused-ring (bicyclic) bond motifs is 2. The van der Waals surface area contributed by atoms with Crippen LogP contribution in [-0.2, 0) is 5.41 Å². The quantitative estimate of drug-likeness (QED) is 0.239.